The van der Waals surface area contributed by atoms with Crippen LogP contribution in [0.15, 0.2) is 82.8 Å². The molecule has 34 heavy (non-hydrogen) atoms. The van der Waals surface area contributed by atoms with E-state index in [1.807, 2.05) is 0 Å². The summed E-state index contributed by atoms with van der Waals surface area (Å²) in [6.45, 7) is 1.53. The van der Waals surface area contributed by atoms with Gasteiger partial charge in [-0.3, -0.25) is 4.72 Å². The molecule has 0 spiro atoms. The first-order chi connectivity index (χ1) is 16.1. The summed E-state index contributed by atoms with van der Waals surface area (Å²) in [5, 5.41) is 4.62. The molecule has 1 atom stereocenters. The SMILES string of the molecule is CCS(=O)(=O)Nc1ccc(C2=NN(S(=O)(=O)c3cccc(Cl)c3)C(c3ccccc3F)C2)cc1. The Morgan fingerprint density at radius 2 is 1.74 bits per heavy atom. The van der Waals surface area contributed by atoms with Gasteiger partial charge in [0.2, 0.25) is 10.0 Å². The molecule has 0 radical (unpaired) electrons. The highest BCUT2D eigenvalue weighted by Gasteiger charge is 2.39. The fourth-order valence-electron chi connectivity index (χ4n) is 3.58. The highest BCUT2D eigenvalue weighted by atomic mass is 35.5. The molecular weight excluding hydrogens is 501 g/mol. The minimum Gasteiger partial charge on any atom is -0.284 e. The van der Waals surface area contributed by atoms with Crippen LogP contribution in [0.2, 0.25) is 5.02 Å². The van der Waals surface area contributed by atoms with Gasteiger partial charge in [-0.1, -0.05) is 48.0 Å². The normalized spacial score (nSPS) is 16.4. The van der Waals surface area contributed by atoms with Gasteiger partial charge >= 0.3 is 0 Å². The highest BCUT2D eigenvalue weighted by molar-refractivity contribution is 7.92. The van der Waals surface area contributed by atoms with Crippen molar-refractivity contribution in [3.63, 3.8) is 0 Å². The van der Waals surface area contributed by atoms with Crippen molar-refractivity contribution < 1.29 is 21.2 Å². The number of halogens is 2. The molecule has 0 saturated carbocycles. The molecule has 0 amide bonds. The summed E-state index contributed by atoms with van der Waals surface area (Å²) < 4.78 is 68.6. The molecule has 0 saturated heterocycles. The molecule has 4 rings (SSSR count). The minimum absolute atomic E-state index is 0.0596. The summed E-state index contributed by atoms with van der Waals surface area (Å²) in [6, 6.07) is 17.3. The first kappa shape index (κ1) is 24.2. The zero-order valence-electron chi connectivity index (χ0n) is 18.0. The van der Waals surface area contributed by atoms with E-state index in [0.29, 0.717) is 17.0 Å². The number of hydrogen-bond acceptors (Lipinski definition) is 5. The van der Waals surface area contributed by atoms with E-state index in [0.717, 1.165) is 4.41 Å². The second-order valence-corrected chi connectivity index (χ2v) is 11.8. The average Bonchev–Trinajstić information content (AvgIpc) is 3.26. The van der Waals surface area contributed by atoms with Crippen LogP contribution in [0, 0.1) is 5.82 Å². The smallest absolute Gasteiger partial charge is 0.279 e. The van der Waals surface area contributed by atoms with E-state index >= 15 is 0 Å². The van der Waals surface area contributed by atoms with Gasteiger partial charge in [0.05, 0.1) is 22.4 Å². The van der Waals surface area contributed by atoms with E-state index in [1.54, 1.807) is 36.4 Å². The predicted molar refractivity (Wildman–Crippen MR) is 130 cm³/mol. The standard InChI is InChI=1S/C23H21ClFN3O4S2/c1-2-33(29,30)27-18-12-10-16(11-13-18)22-15-23(20-8-3-4-9-21(20)25)28(26-22)34(31,32)19-7-5-6-17(24)14-19/h3-14,23,27H,2,15H2,1H3. The number of sulfonamides is 2. The van der Waals surface area contributed by atoms with Crippen LogP contribution in [0.4, 0.5) is 10.1 Å². The second kappa shape index (κ2) is 9.36. The van der Waals surface area contributed by atoms with Gasteiger partial charge < -0.3 is 0 Å². The fraction of sp³-hybridized carbons (Fsp3) is 0.174. The first-order valence-electron chi connectivity index (χ1n) is 10.3. The van der Waals surface area contributed by atoms with Crippen LogP contribution < -0.4 is 4.72 Å². The van der Waals surface area contributed by atoms with Crippen molar-refractivity contribution in [3.8, 4) is 0 Å². The van der Waals surface area contributed by atoms with Crippen molar-refractivity contribution in [2.45, 2.75) is 24.3 Å². The van der Waals surface area contributed by atoms with Crippen LogP contribution in [0.5, 0.6) is 0 Å². The zero-order chi connectivity index (χ0) is 24.5. The van der Waals surface area contributed by atoms with Crippen LogP contribution in [0.3, 0.4) is 0 Å². The molecular formula is C23H21ClFN3O4S2. The number of hydrazone groups is 1. The van der Waals surface area contributed by atoms with Crippen molar-refractivity contribution in [2.75, 3.05) is 10.5 Å². The van der Waals surface area contributed by atoms with Crippen molar-refractivity contribution in [1.82, 2.24) is 4.41 Å². The number of hydrogen-bond donors (Lipinski definition) is 1. The van der Waals surface area contributed by atoms with E-state index in [9.17, 15) is 21.2 Å². The maximum absolute atomic E-state index is 14.7. The van der Waals surface area contributed by atoms with Gasteiger partial charge in [-0.15, -0.1) is 0 Å². The lowest BCUT2D eigenvalue weighted by molar-refractivity contribution is 0.362. The largest absolute Gasteiger partial charge is 0.284 e. The van der Waals surface area contributed by atoms with E-state index in [-0.39, 0.29) is 27.7 Å². The molecule has 7 nitrogen and oxygen atoms in total. The molecule has 3 aromatic carbocycles. The van der Waals surface area contributed by atoms with E-state index in [2.05, 4.69) is 9.82 Å². The van der Waals surface area contributed by atoms with Crippen LogP contribution in [-0.2, 0) is 20.0 Å². The van der Waals surface area contributed by atoms with Crippen LogP contribution in [0.1, 0.15) is 30.5 Å². The molecule has 0 aliphatic carbocycles. The summed E-state index contributed by atoms with van der Waals surface area (Å²) >= 11 is 6.00. The molecule has 0 bridgehead atoms. The predicted octanol–water partition coefficient (Wildman–Crippen LogP) is 4.78. The number of nitrogens with one attached hydrogen (secondary N) is 1. The third-order valence-electron chi connectivity index (χ3n) is 5.35. The van der Waals surface area contributed by atoms with E-state index < -0.39 is 31.9 Å². The van der Waals surface area contributed by atoms with Crippen LogP contribution >= 0.6 is 11.6 Å². The first-order valence-corrected chi connectivity index (χ1v) is 13.8. The second-order valence-electron chi connectivity index (χ2n) is 7.61. The number of nitrogens with zero attached hydrogens (tertiary/aromatic N) is 2. The molecule has 11 heteroatoms. The van der Waals surface area contributed by atoms with Gasteiger partial charge in [-0.05, 0) is 48.9 Å². The average molecular weight is 522 g/mol. The summed E-state index contributed by atoms with van der Waals surface area (Å²) in [6.07, 6.45) is 0.126. The van der Waals surface area contributed by atoms with Crippen molar-refractivity contribution >= 4 is 43.0 Å². The number of anilines is 1. The van der Waals surface area contributed by atoms with Crippen LogP contribution in [-0.4, -0.2) is 32.7 Å². The van der Waals surface area contributed by atoms with Crippen molar-refractivity contribution in [3.05, 3.63) is 94.8 Å². The molecule has 3 aromatic rings. The molecule has 1 aliphatic rings. The Bertz CT molecular complexity index is 1460. The molecule has 1 N–H and O–H groups in total. The molecule has 178 valence electrons. The summed E-state index contributed by atoms with van der Waals surface area (Å²) in [7, 11) is -7.59. The lowest BCUT2D eigenvalue weighted by atomic mass is 9.99. The Morgan fingerprint density at radius 1 is 1.03 bits per heavy atom. The molecule has 0 aromatic heterocycles. The van der Waals surface area contributed by atoms with E-state index in [4.69, 9.17) is 11.6 Å². The quantitative estimate of drug-likeness (QED) is 0.484. The van der Waals surface area contributed by atoms with Crippen LogP contribution in [0.25, 0.3) is 0 Å². The Kier molecular flexibility index (Phi) is 6.66. The maximum atomic E-state index is 14.7. The lowest BCUT2D eigenvalue weighted by Gasteiger charge is -2.23. The van der Waals surface area contributed by atoms with Gasteiger partial charge in [-0.25, -0.2) is 12.8 Å². The van der Waals surface area contributed by atoms with Gasteiger partial charge in [0.15, 0.2) is 0 Å². The Hall–Kier alpha value is -2.95. The topological polar surface area (TPSA) is 95.9 Å². The lowest BCUT2D eigenvalue weighted by Crippen LogP contribution is -2.28. The van der Waals surface area contributed by atoms with Gasteiger partial charge in [0.25, 0.3) is 10.0 Å². The Labute approximate surface area is 203 Å². The number of rotatable bonds is 7. The fourth-order valence-corrected chi connectivity index (χ4v) is 5.95. The monoisotopic (exact) mass is 521 g/mol. The molecule has 1 heterocycles. The maximum Gasteiger partial charge on any atom is 0.279 e. The Morgan fingerprint density at radius 3 is 2.38 bits per heavy atom. The third-order valence-corrected chi connectivity index (χ3v) is 8.57. The summed E-state index contributed by atoms with van der Waals surface area (Å²) in [5.74, 6) is -0.609. The van der Waals surface area contributed by atoms with E-state index in [1.165, 1.54) is 43.3 Å². The molecule has 0 fully saturated rings. The zero-order valence-corrected chi connectivity index (χ0v) is 20.4. The van der Waals surface area contributed by atoms with Gasteiger partial charge in [-0.2, -0.15) is 17.9 Å². The van der Waals surface area contributed by atoms with Crippen molar-refractivity contribution in [2.24, 2.45) is 5.10 Å². The van der Waals surface area contributed by atoms with Gasteiger partial charge in [0, 0.05) is 22.7 Å². The number of benzene rings is 3. The van der Waals surface area contributed by atoms with Crippen molar-refractivity contribution in [1.29, 1.82) is 0 Å². The van der Waals surface area contributed by atoms with Gasteiger partial charge in [0.1, 0.15) is 5.82 Å². The molecule has 1 unspecified atom stereocenters. The summed E-state index contributed by atoms with van der Waals surface area (Å²) in [4.78, 5) is -0.0596. The third kappa shape index (κ3) is 4.94. The summed E-state index contributed by atoms with van der Waals surface area (Å²) in [5.41, 5.74) is 1.57. The highest BCUT2D eigenvalue weighted by Crippen LogP contribution is 2.38. The molecule has 1 aliphatic heterocycles. The Balaban J connectivity index is 1.74. The minimum atomic E-state index is -4.15.